The first-order valence-corrected chi connectivity index (χ1v) is 10.0. The van der Waals surface area contributed by atoms with E-state index in [1.807, 2.05) is 32.0 Å². The summed E-state index contributed by atoms with van der Waals surface area (Å²) < 4.78 is 25.1. The summed E-state index contributed by atoms with van der Waals surface area (Å²) in [4.78, 5) is 8.72. The number of rotatable bonds is 9. The summed E-state index contributed by atoms with van der Waals surface area (Å²) in [6.07, 6.45) is 4.06. The van der Waals surface area contributed by atoms with Crippen molar-refractivity contribution >= 4 is 29.9 Å². The van der Waals surface area contributed by atoms with Gasteiger partial charge in [0, 0.05) is 18.8 Å². The van der Waals surface area contributed by atoms with Gasteiger partial charge in [-0.15, -0.1) is 24.0 Å². The molecule has 1 aromatic heterocycles. The van der Waals surface area contributed by atoms with Gasteiger partial charge >= 0.3 is 0 Å². The minimum Gasteiger partial charge on any atom is -0.490 e. The first-order valence-electron chi connectivity index (χ1n) is 10.0. The number of aliphatic imine (C=N–C) groups is 1. The van der Waals surface area contributed by atoms with Crippen molar-refractivity contribution in [2.75, 3.05) is 20.3 Å². The van der Waals surface area contributed by atoms with Gasteiger partial charge in [-0.1, -0.05) is 6.07 Å². The maximum Gasteiger partial charge on any atom is 0.213 e. The Balaban J connectivity index is 0.00000320. The third-order valence-electron chi connectivity index (χ3n) is 4.75. The van der Waals surface area contributed by atoms with Gasteiger partial charge in [-0.05, 0) is 61.9 Å². The van der Waals surface area contributed by atoms with Gasteiger partial charge in [-0.25, -0.2) is 14.4 Å². The molecule has 0 bridgehead atoms. The Bertz CT molecular complexity index is 846. The van der Waals surface area contributed by atoms with Crippen molar-refractivity contribution in [3.63, 3.8) is 0 Å². The van der Waals surface area contributed by atoms with Gasteiger partial charge in [0.2, 0.25) is 5.88 Å². The summed E-state index contributed by atoms with van der Waals surface area (Å²) in [7, 11) is 1.59. The molecule has 164 valence electrons. The molecule has 1 aromatic carbocycles. The number of nitrogens with zero attached hydrogens (tertiary/aromatic N) is 2. The molecule has 3 rings (SSSR count). The average molecular weight is 528 g/mol. The van der Waals surface area contributed by atoms with Crippen molar-refractivity contribution in [1.29, 1.82) is 0 Å². The van der Waals surface area contributed by atoms with Gasteiger partial charge in [0.05, 0.1) is 26.3 Å². The Kier molecular flexibility index (Phi) is 9.61. The van der Waals surface area contributed by atoms with Gasteiger partial charge in [0.15, 0.2) is 17.5 Å². The molecule has 1 heterocycles. The monoisotopic (exact) mass is 528 g/mol. The highest BCUT2D eigenvalue weighted by atomic mass is 127. The highest BCUT2D eigenvalue weighted by molar-refractivity contribution is 14.0. The molecular formula is C22H30FIN4O2. The van der Waals surface area contributed by atoms with E-state index in [4.69, 9.17) is 9.47 Å². The molecule has 0 amide bonds. The molecule has 1 saturated carbocycles. The molecule has 0 aliphatic heterocycles. The summed E-state index contributed by atoms with van der Waals surface area (Å²) in [5.41, 5.74) is 1.82. The summed E-state index contributed by atoms with van der Waals surface area (Å²) in [5, 5.41) is 6.55. The van der Waals surface area contributed by atoms with Gasteiger partial charge in [0.25, 0.3) is 0 Å². The lowest BCUT2D eigenvalue weighted by Gasteiger charge is -2.19. The van der Waals surface area contributed by atoms with Gasteiger partial charge < -0.3 is 20.1 Å². The van der Waals surface area contributed by atoms with E-state index < -0.39 is 0 Å². The molecule has 0 spiro atoms. The van der Waals surface area contributed by atoms with Crippen molar-refractivity contribution in [3.05, 3.63) is 53.5 Å². The first-order chi connectivity index (χ1) is 14.1. The van der Waals surface area contributed by atoms with Crippen molar-refractivity contribution in [2.45, 2.75) is 39.3 Å². The molecule has 1 unspecified atom stereocenters. The molecule has 0 radical (unpaired) electrons. The molecule has 1 aliphatic carbocycles. The first kappa shape index (κ1) is 24.2. The largest absolute Gasteiger partial charge is 0.490 e. The zero-order valence-electron chi connectivity index (χ0n) is 17.7. The Morgan fingerprint density at radius 2 is 2.10 bits per heavy atom. The summed E-state index contributed by atoms with van der Waals surface area (Å²) >= 11 is 0. The second-order valence-corrected chi connectivity index (χ2v) is 7.21. The Morgan fingerprint density at radius 3 is 2.77 bits per heavy atom. The van der Waals surface area contributed by atoms with E-state index in [0.717, 1.165) is 17.7 Å². The van der Waals surface area contributed by atoms with Gasteiger partial charge in [-0.2, -0.15) is 0 Å². The lowest BCUT2D eigenvalue weighted by molar-refractivity contribution is 0.285. The SMILES string of the molecule is CCNC(=NCc1ccnc(OC)c1)NC(C)c1ccc(OCC2CC2)c(F)c1.I. The maximum absolute atomic E-state index is 14.4. The number of benzene rings is 1. The second kappa shape index (κ2) is 11.9. The normalized spacial score (nSPS) is 14.5. The van der Waals surface area contributed by atoms with Crippen molar-refractivity contribution in [2.24, 2.45) is 10.9 Å². The molecule has 1 fully saturated rings. The van der Waals surface area contributed by atoms with Crippen LogP contribution in [0.1, 0.15) is 43.9 Å². The minimum atomic E-state index is -0.331. The summed E-state index contributed by atoms with van der Waals surface area (Å²) in [6, 6.07) is 8.75. The fraction of sp³-hybridized carbons (Fsp3) is 0.455. The number of pyridine rings is 1. The van der Waals surface area contributed by atoms with Crippen LogP contribution in [-0.2, 0) is 6.54 Å². The van der Waals surface area contributed by atoms with Crippen LogP contribution in [0.25, 0.3) is 0 Å². The van der Waals surface area contributed by atoms with Crippen molar-refractivity contribution in [3.8, 4) is 11.6 Å². The van der Waals surface area contributed by atoms with E-state index >= 15 is 0 Å². The van der Waals surface area contributed by atoms with Crippen LogP contribution >= 0.6 is 24.0 Å². The Labute approximate surface area is 194 Å². The van der Waals surface area contributed by atoms with Crippen LogP contribution in [0.2, 0.25) is 0 Å². The quantitative estimate of drug-likeness (QED) is 0.286. The van der Waals surface area contributed by atoms with Gasteiger partial charge in [-0.3, -0.25) is 0 Å². The van der Waals surface area contributed by atoms with Crippen LogP contribution < -0.4 is 20.1 Å². The van der Waals surface area contributed by atoms with E-state index in [-0.39, 0.29) is 35.8 Å². The van der Waals surface area contributed by atoms with Crippen LogP contribution in [0.3, 0.4) is 0 Å². The molecule has 2 aromatic rings. The topological polar surface area (TPSA) is 67.8 Å². The van der Waals surface area contributed by atoms with Crippen LogP contribution in [0.4, 0.5) is 4.39 Å². The van der Waals surface area contributed by atoms with Crippen molar-refractivity contribution in [1.82, 2.24) is 15.6 Å². The number of halogens is 2. The predicted molar refractivity (Wildman–Crippen MR) is 127 cm³/mol. The number of hydrogen-bond donors (Lipinski definition) is 2. The third kappa shape index (κ3) is 7.30. The third-order valence-corrected chi connectivity index (χ3v) is 4.75. The van der Waals surface area contributed by atoms with E-state index in [1.54, 1.807) is 19.4 Å². The van der Waals surface area contributed by atoms with E-state index in [1.165, 1.54) is 18.9 Å². The molecule has 1 atom stereocenters. The fourth-order valence-electron chi connectivity index (χ4n) is 2.83. The average Bonchev–Trinajstić information content (AvgIpc) is 3.56. The Morgan fingerprint density at radius 1 is 1.30 bits per heavy atom. The van der Waals surface area contributed by atoms with E-state index in [0.29, 0.717) is 36.7 Å². The standard InChI is InChI=1S/C22H29FN4O2.HI/c1-4-24-22(26-13-17-9-10-25-21(11-17)28-3)27-15(2)18-7-8-20(19(23)12-18)29-14-16-5-6-16;/h7-12,15-16H,4-6,13-14H2,1-3H3,(H2,24,26,27);1H. The van der Waals surface area contributed by atoms with Gasteiger partial charge in [0.1, 0.15) is 0 Å². The van der Waals surface area contributed by atoms with Crippen LogP contribution in [0.15, 0.2) is 41.5 Å². The lowest BCUT2D eigenvalue weighted by Crippen LogP contribution is -2.38. The number of methoxy groups -OCH3 is 1. The molecule has 0 saturated heterocycles. The predicted octanol–water partition coefficient (Wildman–Crippen LogP) is 4.45. The minimum absolute atomic E-state index is 0. The van der Waals surface area contributed by atoms with Crippen molar-refractivity contribution < 1.29 is 13.9 Å². The lowest BCUT2D eigenvalue weighted by atomic mass is 10.1. The van der Waals surface area contributed by atoms with E-state index in [9.17, 15) is 4.39 Å². The molecule has 30 heavy (non-hydrogen) atoms. The molecule has 1 aliphatic rings. The highest BCUT2D eigenvalue weighted by Crippen LogP contribution is 2.30. The number of aromatic nitrogens is 1. The summed E-state index contributed by atoms with van der Waals surface area (Å²) in [5.74, 6) is 1.80. The zero-order chi connectivity index (χ0) is 20.6. The van der Waals surface area contributed by atoms with Crippen LogP contribution in [0, 0.1) is 11.7 Å². The molecular weight excluding hydrogens is 498 g/mol. The molecule has 8 heteroatoms. The van der Waals surface area contributed by atoms with Crippen LogP contribution in [0.5, 0.6) is 11.6 Å². The Hall–Kier alpha value is -2.10. The number of nitrogens with one attached hydrogen (secondary N) is 2. The smallest absolute Gasteiger partial charge is 0.213 e. The van der Waals surface area contributed by atoms with Crippen LogP contribution in [-0.4, -0.2) is 31.2 Å². The number of ether oxygens (including phenoxy) is 2. The second-order valence-electron chi connectivity index (χ2n) is 7.21. The molecule has 6 nitrogen and oxygen atoms in total. The fourth-order valence-corrected chi connectivity index (χ4v) is 2.83. The number of guanidine groups is 1. The number of hydrogen-bond acceptors (Lipinski definition) is 4. The summed E-state index contributed by atoms with van der Waals surface area (Å²) in [6.45, 7) is 5.77. The maximum atomic E-state index is 14.4. The van der Waals surface area contributed by atoms with E-state index in [2.05, 4.69) is 20.6 Å². The zero-order valence-corrected chi connectivity index (χ0v) is 20.0. The molecule has 2 N–H and O–H groups in total. The highest BCUT2D eigenvalue weighted by Gasteiger charge is 2.22.